The molecule has 0 spiro atoms. The number of hydrogen-bond acceptors (Lipinski definition) is 6. The van der Waals surface area contributed by atoms with E-state index in [0.29, 0.717) is 28.5 Å². The highest BCUT2D eigenvalue weighted by atomic mass is 32.1. The van der Waals surface area contributed by atoms with Crippen LogP contribution in [0.5, 0.6) is 5.75 Å². The normalized spacial score (nSPS) is 11.0. The Labute approximate surface area is 171 Å². The van der Waals surface area contributed by atoms with Crippen molar-refractivity contribution in [2.75, 3.05) is 10.6 Å². The van der Waals surface area contributed by atoms with E-state index in [1.807, 2.05) is 0 Å². The average Bonchev–Trinajstić information content (AvgIpc) is 3.05. The van der Waals surface area contributed by atoms with Crippen LogP contribution in [-0.4, -0.2) is 24.1 Å². The van der Waals surface area contributed by atoms with Gasteiger partial charge >= 0.3 is 6.09 Å². The van der Waals surface area contributed by atoms with E-state index >= 15 is 0 Å². The van der Waals surface area contributed by atoms with Gasteiger partial charge in [-0.3, -0.25) is 14.9 Å². The van der Waals surface area contributed by atoms with Crippen LogP contribution in [0.4, 0.5) is 16.2 Å². The summed E-state index contributed by atoms with van der Waals surface area (Å²) < 4.78 is 11.0. The number of thiophene rings is 1. The maximum atomic E-state index is 12.7. The highest BCUT2D eigenvalue weighted by molar-refractivity contribution is 7.20. The molecule has 0 bridgehead atoms. The van der Waals surface area contributed by atoms with E-state index in [-0.39, 0.29) is 5.91 Å². The van der Waals surface area contributed by atoms with Crippen LogP contribution in [0, 0.1) is 0 Å². The minimum Gasteiger partial charge on any atom is -0.444 e. The molecule has 150 valence electrons. The summed E-state index contributed by atoms with van der Waals surface area (Å²) in [7, 11) is 0. The van der Waals surface area contributed by atoms with Gasteiger partial charge in [-0.2, -0.15) is 0 Å². The van der Waals surface area contributed by atoms with Gasteiger partial charge in [0.15, 0.2) is 0 Å². The summed E-state index contributed by atoms with van der Waals surface area (Å²) in [6, 6.07) is 13.7. The zero-order valence-electron chi connectivity index (χ0n) is 16.1. The van der Waals surface area contributed by atoms with Crippen molar-refractivity contribution in [1.82, 2.24) is 0 Å². The fraction of sp³-hybridized carbons (Fsp3) is 0.190. The fourth-order valence-corrected chi connectivity index (χ4v) is 3.50. The second-order valence-corrected chi connectivity index (χ2v) is 8.23. The smallest absolute Gasteiger partial charge is 0.412 e. The Bertz CT molecular complexity index is 1070. The Morgan fingerprint density at radius 1 is 1.00 bits per heavy atom. The first-order valence-electron chi connectivity index (χ1n) is 8.79. The van der Waals surface area contributed by atoms with Gasteiger partial charge in [-0.1, -0.05) is 12.1 Å². The predicted molar refractivity (Wildman–Crippen MR) is 113 cm³/mol. The van der Waals surface area contributed by atoms with Gasteiger partial charge in [0.25, 0.3) is 12.4 Å². The minimum atomic E-state index is -0.633. The summed E-state index contributed by atoms with van der Waals surface area (Å²) in [6.07, 6.45) is -0.608. The largest absolute Gasteiger partial charge is 0.444 e. The van der Waals surface area contributed by atoms with E-state index in [1.165, 1.54) is 11.3 Å². The van der Waals surface area contributed by atoms with Crippen LogP contribution in [0.2, 0.25) is 0 Å². The van der Waals surface area contributed by atoms with Crippen LogP contribution in [0.3, 0.4) is 0 Å². The molecular weight excluding hydrogens is 392 g/mol. The molecular formula is C21H20N2O5S. The van der Waals surface area contributed by atoms with Gasteiger partial charge in [0, 0.05) is 4.70 Å². The van der Waals surface area contributed by atoms with E-state index < -0.39 is 11.7 Å². The average molecular weight is 412 g/mol. The van der Waals surface area contributed by atoms with Crippen LogP contribution >= 0.6 is 11.3 Å². The molecule has 1 aromatic heterocycles. The first-order valence-corrected chi connectivity index (χ1v) is 9.61. The fourth-order valence-electron chi connectivity index (χ4n) is 2.56. The van der Waals surface area contributed by atoms with Gasteiger partial charge in [0.05, 0.1) is 16.3 Å². The Balaban J connectivity index is 1.78. The molecule has 8 heteroatoms. The van der Waals surface area contributed by atoms with Crippen LogP contribution in [0.15, 0.2) is 48.5 Å². The quantitative estimate of drug-likeness (QED) is 0.573. The molecule has 0 aliphatic carbocycles. The Hall–Kier alpha value is -3.39. The third-order valence-electron chi connectivity index (χ3n) is 3.71. The Morgan fingerprint density at radius 3 is 2.34 bits per heavy atom. The van der Waals surface area contributed by atoms with Gasteiger partial charge in [0.2, 0.25) is 0 Å². The summed E-state index contributed by atoms with van der Waals surface area (Å²) in [6.45, 7) is 5.67. The van der Waals surface area contributed by atoms with Crippen molar-refractivity contribution in [2.24, 2.45) is 0 Å². The number of fused-ring (bicyclic) bond motifs is 1. The Morgan fingerprint density at radius 2 is 1.69 bits per heavy atom. The molecule has 0 aliphatic heterocycles. The number of rotatable bonds is 5. The van der Waals surface area contributed by atoms with Crippen molar-refractivity contribution in [3.8, 4) is 5.75 Å². The molecule has 0 saturated heterocycles. The summed E-state index contributed by atoms with van der Waals surface area (Å²) in [5.41, 5.74) is 0.245. The van der Waals surface area contributed by atoms with Gasteiger partial charge < -0.3 is 14.8 Å². The number of hydrogen-bond donors (Lipinski definition) is 2. The molecule has 0 unspecified atom stereocenters. The topological polar surface area (TPSA) is 93.7 Å². The summed E-state index contributed by atoms with van der Waals surface area (Å²) in [4.78, 5) is 35.8. The molecule has 0 aliphatic rings. The van der Waals surface area contributed by atoms with Gasteiger partial charge in [-0.15, -0.1) is 11.3 Å². The van der Waals surface area contributed by atoms with E-state index in [2.05, 4.69) is 10.6 Å². The lowest BCUT2D eigenvalue weighted by molar-refractivity contribution is -0.120. The molecule has 0 saturated carbocycles. The highest BCUT2D eigenvalue weighted by Gasteiger charge is 2.18. The standard InChI is InChI=1S/C21H20N2O5S/c1-21(2,3)28-20(26)23-16-7-5-4-6-15(16)22-19(25)18-11-13-10-14(27-12-24)8-9-17(13)29-18/h4-12H,1-3H3,(H,22,25)(H,23,26). The van der Waals surface area contributed by atoms with Crippen molar-refractivity contribution in [3.05, 3.63) is 53.4 Å². The molecule has 29 heavy (non-hydrogen) atoms. The molecule has 3 rings (SSSR count). The van der Waals surface area contributed by atoms with Crippen LogP contribution in [0.25, 0.3) is 10.1 Å². The van der Waals surface area contributed by atoms with E-state index in [1.54, 1.807) is 69.3 Å². The lowest BCUT2D eigenvalue weighted by atomic mass is 10.2. The Kier molecular flexibility index (Phi) is 5.84. The van der Waals surface area contributed by atoms with Crippen molar-refractivity contribution >= 4 is 51.3 Å². The molecule has 0 fully saturated rings. The summed E-state index contributed by atoms with van der Waals surface area (Å²) >= 11 is 1.31. The third-order valence-corrected chi connectivity index (χ3v) is 4.82. The maximum absolute atomic E-state index is 12.7. The number of benzene rings is 2. The van der Waals surface area contributed by atoms with Crippen molar-refractivity contribution in [2.45, 2.75) is 26.4 Å². The number of carbonyl (C=O) groups is 3. The molecule has 2 amide bonds. The zero-order chi connectivity index (χ0) is 21.0. The lowest BCUT2D eigenvalue weighted by Gasteiger charge is -2.20. The summed E-state index contributed by atoms with van der Waals surface area (Å²) in [5, 5.41) is 6.25. The molecule has 2 N–H and O–H groups in total. The number of carbonyl (C=O) groups excluding carboxylic acids is 3. The van der Waals surface area contributed by atoms with E-state index in [0.717, 1.165) is 10.1 Å². The van der Waals surface area contributed by atoms with E-state index in [4.69, 9.17) is 9.47 Å². The van der Waals surface area contributed by atoms with Crippen LogP contribution in [0.1, 0.15) is 30.4 Å². The number of nitrogens with one attached hydrogen (secondary N) is 2. The predicted octanol–water partition coefficient (Wildman–Crippen LogP) is 5.04. The van der Waals surface area contributed by atoms with Crippen LogP contribution in [-0.2, 0) is 9.53 Å². The van der Waals surface area contributed by atoms with Gasteiger partial charge in [-0.25, -0.2) is 4.79 Å². The number of amides is 2. The number of para-hydroxylation sites is 2. The van der Waals surface area contributed by atoms with Gasteiger partial charge in [-0.05, 0) is 62.6 Å². The maximum Gasteiger partial charge on any atom is 0.412 e. The first-order chi connectivity index (χ1) is 13.7. The van der Waals surface area contributed by atoms with Crippen LogP contribution < -0.4 is 15.4 Å². The second kappa shape index (κ2) is 8.32. The molecule has 0 radical (unpaired) electrons. The minimum absolute atomic E-state index is 0.317. The second-order valence-electron chi connectivity index (χ2n) is 7.15. The number of ether oxygens (including phenoxy) is 2. The molecule has 2 aromatic carbocycles. The molecule has 0 atom stereocenters. The lowest BCUT2D eigenvalue weighted by Crippen LogP contribution is -2.27. The molecule has 1 heterocycles. The van der Waals surface area contributed by atoms with E-state index in [9.17, 15) is 14.4 Å². The molecule has 3 aromatic rings. The van der Waals surface area contributed by atoms with Crippen molar-refractivity contribution in [1.29, 1.82) is 0 Å². The summed E-state index contributed by atoms with van der Waals surface area (Å²) in [5.74, 6) is 0.0895. The van der Waals surface area contributed by atoms with Crippen molar-refractivity contribution < 1.29 is 23.9 Å². The number of anilines is 2. The third kappa shape index (κ3) is 5.32. The first kappa shape index (κ1) is 20.3. The monoisotopic (exact) mass is 412 g/mol. The van der Waals surface area contributed by atoms with Crippen molar-refractivity contribution in [3.63, 3.8) is 0 Å². The van der Waals surface area contributed by atoms with Gasteiger partial charge in [0.1, 0.15) is 11.4 Å². The highest BCUT2D eigenvalue weighted by Crippen LogP contribution is 2.30. The zero-order valence-corrected chi connectivity index (χ0v) is 17.0. The SMILES string of the molecule is CC(C)(C)OC(=O)Nc1ccccc1NC(=O)c1cc2cc(OC=O)ccc2s1. The molecule has 7 nitrogen and oxygen atoms in total.